The summed E-state index contributed by atoms with van der Waals surface area (Å²) in [6, 6.07) is 12.3. The molecule has 0 saturated heterocycles. The number of aliphatic imine (C=N–C) groups is 1. The number of hydrogen-bond donors (Lipinski definition) is 2. The van der Waals surface area contributed by atoms with Gasteiger partial charge in [0.25, 0.3) is 0 Å². The van der Waals surface area contributed by atoms with E-state index in [9.17, 15) is 0 Å². The highest BCUT2D eigenvalue weighted by Crippen LogP contribution is 2.23. The minimum absolute atomic E-state index is 0.564. The molecule has 0 atom stereocenters. The third kappa shape index (κ3) is 4.70. The van der Waals surface area contributed by atoms with Gasteiger partial charge in [0.15, 0.2) is 5.96 Å². The van der Waals surface area contributed by atoms with Crippen molar-refractivity contribution in [2.45, 2.75) is 26.9 Å². The number of thiophene rings is 1. The molecule has 0 bridgehead atoms. The number of hydrogen-bond acceptors (Lipinski definition) is 4. The lowest BCUT2D eigenvalue weighted by atomic mass is 10.1. The van der Waals surface area contributed by atoms with Gasteiger partial charge in [0, 0.05) is 6.54 Å². The van der Waals surface area contributed by atoms with Gasteiger partial charge in [0.1, 0.15) is 6.26 Å². The predicted octanol–water partition coefficient (Wildman–Crippen LogP) is 3.97. The Morgan fingerprint density at radius 2 is 2.08 bits per heavy atom. The standard InChI is InChI=1S/C19H22N4OS/c1-3-20-19(21-11-15-8-5-4-7-14(15)2)22-12-16-13-24-18(23-16)17-9-6-10-25-17/h4-10,13H,3,11-12H2,1-2H3,(H2,20,21,22). The zero-order chi connectivity index (χ0) is 17.5. The molecule has 3 rings (SSSR count). The highest BCUT2D eigenvalue weighted by Gasteiger charge is 2.08. The molecule has 0 aliphatic rings. The van der Waals surface area contributed by atoms with Crippen molar-refractivity contribution >= 4 is 17.3 Å². The second-order valence-corrected chi connectivity index (χ2v) is 6.54. The number of guanidine groups is 1. The van der Waals surface area contributed by atoms with Gasteiger partial charge in [0.2, 0.25) is 5.89 Å². The molecular weight excluding hydrogens is 332 g/mol. The zero-order valence-corrected chi connectivity index (χ0v) is 15.3. The number of rotatable bonds is 6. The maximum absolute atomic E-state index is 5.55. The van der Waals surface area contributed by atoms with E-state index in [1.54, 1.807) is 17.6 Å². The van der Waals surface area contributed by atoms with Crippen molar-refractivity contribution in [1.82, 2.24) is 15.6 Å². The molecule has 0 aliphatic carbocycles. The Balaban J connectivity index is 1.62. The van der Waals surface area contributed by atoms with E-state index < -0.39 is 0 Å². The fourth-order valence-electron chi connectivity index (χ4n) is 2.37. The van der Waals surface area contributed by atoms with Crippen molar-refractivity contribution in [1.29, 1.82) is 0 Å². The predicted molar refractivity (Wildman–Crippen MR) is 103 cm³/mol. The molecule has 0 unspecified atom stereocenters. The smallest absolute Gasteiger partial charge is 0.236 e. The first-order chi connectivity index (χ1) is 12.3. The minimum atomic E-state index is 0.564. The molecule has 5 nitrogen and oxygen atoms in total. The number of oxazole rings is 1. The first-order valence-electron chi connectivity index (χ1n) is 8.31. The molecule has 6 heteroatoms. The molecule has 3 aromatic rings. The Hall–Kier alpha value is -2.60. The molecule has 1 aromatic carbocycles. The monoisotopic (exact) mass is 354 g/mol. The van der Waals surface area contributed by atoms with E-state index in [4.69, 9.17) is 4.42 Å². The molecular formula is C19H22N4OS. The van der Waals surface area contributed by atoms with Crippen LogP contribution in [-0.2, 0) is 13.1 Å². The molecule has 0 radical (unpaired) electrons. The number of nitrogens with zero attached hydrogens (tertiary/aromatic N) is 2. The maximum Gasteiger partial charge on any atom is 0.236 e. The van der Waals surface area contributed by atoms with Crippen LogP contribution < -0.4 is 10.6 Å². The lowest BCUT2D eigenvalue weighted by Crippen LogP contribution is -2.36. The van der Waals surface area contributed by atoms with E-state index in [0.29, 0.717) is 19.0 Å². The minimum Gasteiger partial charge on any atom is -0.443 e. The summed E-state index contributed by atoms with van der Waals surface area (Å²) in [6.45, 7) is 6.16. The average Bonchev–Trinajstić information content (AvgIpc) is 3.30. The second-order valence-electron chi connectivity index (χ2n) is 5.60. The van der Waals surface area contributed by atoms with Crippen molar-refractivity contribution in [2.75, 3.05) is 6.54 Å². The first kappa shape index (κ1) is 17.2. The Bertz CT molecular complexity index is 824. The van der Waals surface area contributed by atoms with Gasteiger partial charge in [-0.3, -0.25) is 0 Å². The van der Waals surface area contributed by atoms with E-state index in [2.05, 4.69) is 46.6 Å². The van der Waals surface area contributed by atoms with Gasteiger partial charge in [0.05, 0.1) is 23.7 Å². The van der Waals surface area contributed by atoms with Crippen LogP contribution in [0, 0.1) is 6.92 Å². The highest BCUT2D eigenvalue weighted by molar-refractivity contribution is 7.13. The fraction of sp³-hybridized carbons (Fsp3) is 0.263. The largest absolute Gasteiger partial charge is 0.443 e. The lowest BCUT2D eigenvalue weighted by molar-refractivity contribution is 0.573. The average molecular weight is 354 g/mol. The van der Waals surface area contributed by atoms with Crippen molar-refractivity contribution in [3.63, 3.8) is 0 Å². The topological polar surface area (TPSA) is 62.5 Å². The van der Waals surface area contributed by atoms with E-state index in [1.165, 1.54) is 11.1 Å². The van der Waals surface area contributed by atoms with Crippen LogP contribution >= 0.6 is 11.3 Å². The number of benzene rings is 1. The van der Waals surface area contributed by atoms with Gasteiger partial charge in [-0.05, 0) is 36.4 Å². The summed E-state index contributed by atoms with van der Waals surface area (Å²) >= 11 is 1.62. The SMILES string of the molecule is CCNC(=NCc1ccccc1C)NCc1coc(-c2cccs2)n1. The van der Waals surface area contributed by atoms with Gasteiger partial charge in [-0.2, -0.15) is 0 Å². The van der Waals surface area contributed by atoms with Crippen LogP contribution in [0.15, 0.2) is 57.5 Å². The first-order valence-corrected chi connectivity index (χ1v) is 9.19. The van der Waals surface area contributed by atoms with Crippen LogP contribution in [0.3, 0.4) is 0 Å². The summed E-state index contributed by atoms with van der Waals surface area (Å²) in [4.78, 5) is 10.2. The van der Waals surface area contributed by atoms with Crippen LogP contribution in [0.5, 0.6) is 0 Å². The second kappa shape index (κ2) is 8.48. The van der Waals surface area contributed by atoms with E-state index >= 15 is 0 Å². The van der Waals surface area contributed by atoms with Crippen molar-refractivity contribution < 1.29 is 4.42 Å². The molecule has 2 heterocycles. The summed E-state index contributed by atoms with van der Waals surface area (Å²) in [5, 5.41) is 8.58. The van der Waals surface area contributed by atoms with Gasteiger partial charge < -0.3 is 15.1 Å². The van der Waals surface area contributed by atoms with Crippen molar-refractivity contribution in [3.05, 3.63) is 64.9 Å². The van der Waals surface area contributed by atoms with Gasteiger partial charge in [-0.25, -0.2) is 9.98 Å². The third-order valence-electron chi connectivity index (χ3n) is 3.73. The molecule has 0 spiro atoms. The Morgan fingerprint density at radius 1 is 1.20 bits per heavy atom. The quantitative estimate of drug-likeness (QED) is 0.519. The van der Waals surface area contributed by atoms with Crippen LogP contribution in [0.1, 0.15) is 23.7 Å². The van der Waals surface area contributed by atoms with Gasteiger partial charge in [-0.1, -0.05) is 30.3 Å². The lowest BCUT2D eigenvalue weighted by Gasteiger charge is -2.10. The summed E-state index contributed by atoms with van der Waals surface area (Å²) in [6.07, 6.45) is 1.69. The van der Waals surface area contributed by atoms with Crippen molar-refractivity contribution in [2.24, 2.45) is 4.99 Å². The zero-order valence-electron chi connectivity index (χ0n) is 14.5. The number of aryl methyl sites for hydroxylation is 1. The molecule has 25 heavy (non-hydrogen) atoms. The molecule has 0 amide bonds. The Labute approximate surface area is 151 Å². The molecule has 2 aromatic heterocycles. The molecule has 0 aliphatic heterocycles. The maximum atomic E-state index is 5.55. The molecule has 0 fully saturated rings. The van der Waals surface area contributed by atoms with Crippen LogP contribution in [0.25, 0.3) is 10.8 Å². The van der Waals surface area contributed by atoms with E-state index in [-0.39, 0.29) is 0 Å². The summed E-state index contributed by atoms with van der Waals surface area (Å²) in [7, 11) is 0. The summed E-state index contributed by atoms with van der Waals surface area (Å²) in [5.74, 6) is 1.43. The van der Waals surface area contributed by atoms with Gasteiger partial charge >= 0.3 is 0 Å². The fourth-order valence-corrected chi connectivity index (χ4v) is 3.02. The Kier molecular flexibility index (Phi) is 5.85. The number of aromatic nitrogens is 1. The Morgan fingerprint density at radius 3 is 2.84 bits per heavy atom. The van der Waals surface area contributed by atoms with Crippen LogP contribution in [0.4, 0.5) is 0 Å². The highest BCUT2D eigenvalue weighted by atomic mass is 32.1. The van der Waals surface area contributed by atoms with E-state index in [1.807, 2.05) is 29.6 Å². The van der Waals surface area contributed by atoms with Crippen molar-refractivity contribution in [3.8, 4) is 10.8 Å². The van der Waals surface area contributed by atoms with Crippen LogP contribution in [0.2, 0.25) is 0 Å². The molecule has 130 valence electrons. The number of nitrogens with one attached hydrogen (secondary N) is 2. The normalized spacial score (nSPS) is 11.5. The van der Waals surface area contributed by atoms with Gasteiger partial charge in [-0.15, -0.1) is 11.3 Å². The third-order valence-corrected chi connectivity index (χ3v) is 4.59. The molecule has 2 N–H and O–H groups in total. The summed E-state index contributed by atoms with van der Waals surface area (Å²) in [5.41, 5.74) is 3.32. The molecule has 0 saturated carbocycles. The van der Waals surface area contributed by atoms with E-state index in [0.717, 1.165) is 23.1 Å². The summed E-state index contributed by atoms with van der Waals surface area (Å²) < 4.78 is 5.55. The van der Waals surface area contributed by atoms with Crippen LogP contribution in [-0.4, -0.2) is 17.5 Å².